The van der Waals surface area contributed by atoms with Crippen molar-refractivity contribution in [2.24, 2.45) is 17.6 Å². The normalized spacial score (nSPS) is 22.3. The first-order chi connectivity index (χ1) is 9.72. The number of amides is 1. The topological polar surface area (TPSA) is 64.3 Å². The van der Waals surface area contributed by atoms with E-state index in [2.05, 4.69) is 5.32 Å². The van der Waals surface area contributed by atoms with E-state index in [1.807, 2.05) is 24.3 Å². The van der Waals surface area contributed by atoms with E-state index in [4.69, 9.17) is 10.5 Å². The van der Waals surface area contributed by atoms with E-state index in [-0.39, 0.29) is 11.8 Å². The summed E-state index contributed by atoms with van der Waals surface area (Å²) in [4.78, 5) is 12.1. The first-order valence-corrected chi connectivity index (χ1v) is 7.33. The molecule has 1 amide bonds. The summed E-state index contributed by atoms with van der Waals surface area (Å²) < 4.78 is 5.18. The van der Waals surface area contributed by atoms with Gasteiger partial charge >= 0.3 is 0 Å². The average Bonchev–Trinajstić information content (AvgIpc) is 2.53. The lowest BCUT2D eigenvalue weighted by molar-refractivity contribution is -0.126. The average molecular weight is 276 g/mol. The lowest BCUT2D eigenvalue weighted by atomic mass is 9.81. The minimum atomic E-state index is 0.156. The third kappa shape index (κ3) is 3.97. The Bertz CT molecular complexity index is 440. The Morgan fingerprint density at radius 1 is 1.35 bits per heavy atom. The number of nitrogens with two attached hydrogens (primary N) is 1. The Morgan fingerprint density at radius 3 is 2.75 bits per heavy atom. The van der Waals surface area contributed by atoms with Crippen LogP contribution in [-0.2, 0) is 11.3 Å². The van der Waals surface area contributed by atoms with Gasteiger partial charge in [-0.25, -0.2) is 0 Å². The maximum atomic E-state index is 12.1. The van der Waals surface area contributed by atoms with Crippen molar-refractivity contribution >= 4 is 5.91 Å². The molecule has 3 N–H and O–H groups in total. The van der Waals surface area contributed by atoms with Gasteiger partial charge in [-0.15, -0.1) is 0 Å². The highest BCUT2D eigenvalue weighted by atomic mass is 16.5. The Balaban J connectivity index is 1.80. The van der Waals surface area contributed by atoms with Crippen LogP contribution in [-0.4, -0.2) is 19.6 Å². The van der Waals surface area contributed by atoms with Gasteiger partial charge in [0.15, 0.2) is 0 Å². The Labute approximate surface area is 120 Å². The second-order valence-corrected chi connectivity index (χ2v) is 5.52. The summed E-state index contributed by atoms with van der Waals surface area (Å²) in [7, 11) is 1.65. The molecule has 0 radical (unpaired) electrons. The standard InChI is InChI=1S/C16H24N2O2/c1-20-15-4-2-3-13(9-15)11-18-16(19)14-7-5-12(10-17)6-8-14/h2-4,9,12,14H,5-8,10-11,17H2,1H3,(H,18,19). The van der Waals surface area contributed by atoms with Crippen molar-refractivity contribution in [3.63, 3.8) is 0 Å². The van der Waals surface area contributed by atoms with Crippen LogP contribution in [0.2, 0.25) is 0 Å². The van der Waals surface area contributed by atoms with Gasteiger partial charge in [0.1, 0.15) is 5.75 Å². The third-order valence-electron chi connectivity index (χ3n) is 4.15. The number of benzene rings is 1. The van der Waals surface area contributed by atoms with Gasteiger partial charge < -0.3 is 15.8 Å². The first kappa shape index (κ1) is 14.9. The summed E-state index contributed by atoms with van der Waals surface area (Å²) in [6, 6.07) is 7.78. The maximum absolute atomic E-state index is 12.1. The molecular weight excluding hydrogens is 252 g/mol. The number of nitrogens with one attached hydrogen (secondary N) is 1. The molecule has 2 rings (SSSR count). The number of carbonyl (C=O) groups is 1. The quantitative estimate of drug-likeness (QED) is 0.865. The van der Waals surface area contributed by atoms with Crippen molar-refractivity contribution < 1.29 is 9.53 Å². The molecule has 0 spiro atoms. The maximum Gasteiger partial charge on any atom is 0.223 e. The minimum Gasteiger partial charge on any atom is -0.497 e. The number of ether oxygens (including phenoxy) is 1. The molecule has 1 aromatic carbocycles. The van der Waals surface area contributed by atoms with E-state index in [9.17, 15) is 4.79 Å². The molecule has 0 aliphatic heterocycles. The third-order valence-corrected chi connectivity index (χ3v) is 4.15. The van der Waals surface area contributed by atoms with E-state index in [0.717, 1.165) is 43.5 Å². The van der Waals surface area contributed by atoms with Gasteiger partial charge in [-0.2, -0.15) is 0 Å². The van der Waals surface area contributed by atoms with Gasteiger partial charge in [0, 0.05) is 12.5 Å². The fourth-order valence-electron chi connectivity index (χ4n) is 2.78. The lowest BCUT2D eigenvalue weighted by Crippen LogP contribution is -2.33. The molecule has 1 fully saturated rings. The van der Waals surface area contributed by atoms with Crippen LogP contribution in [0.1, 0.15) is 31.2 Å². The van der Waals surface area contributed by atoms with Crippen molar-refractivity contribution in [1.29, 1.82) is 0 Å². The molecule has 20 heavy (non-hydrogen) atoms. The molecule has 4 nitrogen and oxygen atoms in total. The van der Waals surface area contributed by atoms with Crippen LogP contribution in [0.3, 0.4) is 0 Å². The highest BCUT2D eigenvalue weighted by Crippen LogP contribution is 2.28. The van der Waals surface area contributed by atoms with E-state index in [1.54, 1.807) is 7.11 Å². The number of rotatable bonds is 5. The number of hydrogen-bond donors (Lipinski definition) is 2. The van der Waals surface area contributed by atoms with Crippen molar-refractivity contribution in [1.82, 2.24) is 5.32 Å². The lowest BCUT2D eigenvalue weighted by Gasteiger charge is -2.26. The molecule has 1 aliphatic rings. The van der Waals surface area contributed by atoms with E-state index < -0.39 is 0 Å². The SMILES string of the molecule is COc1cccc(CNC(=O)C2CCC(CN)CC2)c1. The first-order valence-electron chi connectivity index (χ1n) is 7.33. The second-order valence-electron chi connectivity index (χ2n) is 5.52. The van der Waals surface area contributed by atoms with Crippen molar-refractivity contribution in [2.75, 3.05) is 13.7 Å². The zero-order valence-electron chi connectivity index (χ0n) is 12.1. The molecule has 0 heterocycles. The van der Waals surface area contributed by atoms with Gasteiger partial charge in [0.2, 0.25) is 5.91 Å². The van der Waals surface area contributed by atoms with Crippen LogP contribution in [0.4, 0.5) is 0 Å². The second kappa shape index (κ2) is 7.29. The summed E-state index contributed by atoms with van der Waals surface area (Å²) in [6.45, 7) is 1.31. The fourth-order valence-corrected chi connectivity index (χ4v) is 2.78. The van der Waals surface area contributed by atoms with Crippen molar-refractivity contribution in [2.45, 2.75) is 32.2 Å². The van der Waals surface area contributed by atoms with E-state index >= 15 is 0 Å². The Morgan fingerprint density at radius 2 is 2.10 bits per heavy atom. The molecule has 1 saturated carbocycles. The molecule has 110 valence electrons. The fraction of sp³-hybridized carbons (Fsp3) is 0.562. The van der Waals surface area contributed by atoms with Crippen LogP contribution < -0.4 is 15.8 Å². The molecule has 1 aromatic rings. The summed E-state index contributed by atoms with van der Waals surface area (Å²) in [5.41, 5.74) is 6.74. The van der Waals surface area contributed by atoms with Crippen LogP contribution in [0.15, 0.2) is 24.3 Å². The monoisotopic (exact) mass is 276 g/mol. The van der Waals surface area contributed by atoms with Crippen LogP contribution in [0.25, 0.3) is 0 Å². The van der Waals surface area contributed by atoms with Gasteiger partial charge in [-0.05, 0) is 55.8 Å². The zero-order valence-corrected chi connectivity index (χ0v) is 12.1. The summed E-state index contributed by atoms with van der Waals surface area (Å²) in [5.74, 6) is 1.75. The zero-order chi connectivity index (χ0) is 14.4. The summed E-state index contributed by atoms with van der Waals surface area (Å²) >= 11 is 0. The molecule has 0 bridgehead atoms. The predicted octanol–water partition coefficient (Wildman–Crippen LogP) is 2.08. The van der Waals surface area contributed by atoms with Crippen LogP contribution in [0.5, 0.6) is 5.75 Å². The smallest absolute Gasteiger partial charge is 0.223 e. The van der Waals surface area contributed by atoms with E-state index in [1.165, 1.54) is 0 Å². The molecule has 4 heteroatoms. The van der Waals surface area contributed by atoms with Gasteiger partial charge in [0.25, 0.3) is 0 Å². The van der Waals surface area contributed by atoms with Gasteiger partial charge in [-0.1, -0.05) is 12.1 Å². The molecular formula is C16H24N2O2. The Kier molecular flexibility index (Phi) is 5.41. The van der Waals surface area contributed by atoms with Crippen molar-refractivity contribution in [3.8, 4) is 5.75 Å². The van der Waals surface area contributed by atoms with Gasteiger partial charge in [0.05, 0.1) is 7.11 Å². The number of methoxy groups -OCH3 is 1. The number of carbonyl (C=O) groups excluding carboxylic acids is 1. The molecule has 0 saturated heterocycles. The summed E-state index contributed by atoms with van der Waals surface area (Å²) in [6.07, 6.45) is 4.08. The van der Waals surface area contributed by atoms with Crippen LogP contribution in [0, 0.1) is 11.8 Å². The van der Waals surface area contributed by atoms with E-state index in [0.29, 0.717) is 12.5 Å². The molecule has 0 atom stereocenters. The number of hydrogen-bond acceptors (Lipinski definition) is 3. The largest absolute Gasteiger partial charge is 0.497 e. The predicted molar refractivity (Wildman–Crippen MR) is 79.3 cm³/mol. The van der Waals surface area contributed by atoms with Crippen LogP contribution >= 0.6 is 0 Å². The highest BCUT2D eigenvalue weighted by Gasteiger charge is 2.25. The summed E-state index contributed by atoms with van der Waals surface area (Å²) in [5, 5.41) is 3.03. The molecule has 0 unspecified atom stereocenters. The highest BCUT2D eigenvalue weighted by molar-refractivity contribution is 5.78. The Hall–Kier alpha value is -1.55. The minimum absolute atomic E-state index is 0.156. The molecule has 1 aliphatic carbocycles. The van der Waals surface area contributed by atoms with Crippen molar-refractivity contribution in [3.05, 3.63) is 29.8 Å². The van der Waals surface area contributed by atoms with Gasteiger partial charge in [-0.3, -0.25) is 4.79 Å². The molecule has 0 aromatic heterocycles.